The number of rotatable bonds is 5. The van der Waals surface area contributed by atoms with Crippen LogP contribution >= 0.6 is 11.6 Å². The first-order chi connectivity index (χ1) is 14.3. The predicted molar refractivity (Wildman–Crippen MR) is 118 cm³/mol. The largest absolute Gasteiger partial charge is 0.326 e. The van der Waals surface area contributed by atoms with Crippen molar-refractivity contribution in [2.75, 3.05) is 11.9 Å². The summed E-state index contributed by atoms with van der Waals surface area (Å²) in [7, 11) is 1.90. The Labute approximate surface area is 179 Å². The molecule has 1 amide bonds. The third-order valence-electron chi connectivity index (χ3n) is 4.72. The van der Waals surface area contributed by atoms with Crippen LogP contribution in [-0.2, 0) is 13.5 Å². The van der Waals surface area contributed by atoms with Gasteiger partial charge in [0.1, 0.15) is 5.82 Å². The maximum Gasteiger partial charge on any atom is 0.258 e. The van der Waals surface area contributed by atoms with Crippen molar-refractivity contribution in [2.45, 2.75) is 20.3 Å². The summed E-state index contributed by atoms with van der Waals surface area (Å²) < 4.78 is 15.1. The molecule has 1 aromatic heterocycles. The van der Waals surface area contributed by atoms with E-state index in [0.717, 1.165) is 17.0 Å². The summed E-state index contributed by atoms with van der Waals surface area (Å²) in [6.45, 7) is 4.41. The fraction of sp³-hybridized carbons (Fsp3) is 0.227. The molecule has 0 saturated heterocycles. The van der Waals surface area contributed by atoms with Crippen molar-refractivity contribution in [2.24, 2.45) is 12.0 Å². The summed E-state index contributed by atoms with van der Waals surface area (Å²) in [5.41, 5.74) is 4.19. The van der Waals surface area contributed by atoms with E-state index in [2.05, 4.69) is 20.7 Å². The minimum atomic E-state index is -0.348. The number of hydrogen-bond acceptors (Lipinski definition) is 3. The Morgan fingerprint density at radius 3 is 2.57 bits per heavy atom. The monoisotopic (exact) mass is 427 g/mol. The number of nitrogens with one attached hydrogen (secondary N) is 2. The summed E-state index contributed by atoms with van der Waals surface area (Å²) in [6, 6.07) is 12.5. The van der Waals surface area contributed by atoms with Crippen LogP contribution in [0.3, 0.4) is 0 Å². The minimum Gasteiger partial charge on any atom is -0.326 e. The van der Waals surface area contributed by atoms with Crippen molar-refractivity contribution >= 4 is 29.2 Å². The molecule has 2 N–H and O–H groups in total. The van der Waals surface area contributed by atoms with Gasteiger partial charge in [-0.1, -0.05) is 17.7 Å². The topological polar surface area (TPSA) is 71.3 Å². The molecule has 0 fully saturated rings. The van der Waals surface area contributed by atoms with E-state index >= 15 is 0 Å². The number of guanidine groups is 1. The molecule has 0 saturated carbocycles. The Kier molecular flexibility index (Phi) is 6.84. The van der Waals surface area contributed by atoms with E-state index in [4.69, 9.17) is 11.6 Å². The summed E-state index contributed by atoms with van der Waals surface area (Å²) in [5.74, 6) is -0.421. The fourth-order valence-corrected chi connectivity index (χ4v) is 3.24. The van der Waals surface area contributed by atoms with E-state index in [1.54, 1.807) is 36.4 Å². The van der Waals surface area contributed by atoms with Gasteiger partial charge in [0.05, 0.1) is 5.69 Å². The summed E-state index contributed by atoms with van der Waals surface area (Å²) in [6.07, 6.45) is 0.674. The number of halogens is 2. The molecule has 0 radical (unpaired) electrons. The SMILES string of the molecule is Cc1nn(C)c(C)c1CCN=C(NC(=O)c1cccc(Cl)c1)Nc1ccc(F)cc1. The van der Waals surface area contributed by atoms with Gasteiger partial charge >= 0.3 is 0 Å². The van der Waals surface area contributed by atoms with Gasteiger partial charge in [-0.15, -0.1) is 0 Å². The van der Waals surface area contributed by atoms with Crippen LogP contribution in [0.4, 0.5) is 10.1 Å². The molecule has 0 aliphatic carbocycles. The van der Waals surface area contributed by atoms with E-state index in [0.29, 0.717) is 29.2 Å². The van der Waals surface area contributed by atoms with Crippen LogP contribution in [0.2, 0.25) is 5.02 Å². The van der Waals surface area contributed by atoms with E-state index in [9.17, 15) is 9.18 Å². The second-order valence-electron chi connectivity index (χ2n) is 6.85. The van der Waals surface area contributed by atoms with Crippen LogP contribution in [0.1, 0.15) is 27.3 Å². The second-order valence-corrected chi connectivity index (χ2v) is 7.29. The lowest BCUT2D eigenvalue weighted by Gasteiger charge is -2.12. The third kappa shape index (κ3) is 5.45. The number of hydrogen-bond donors (Lipinski definition) is 2. The van der Waals surface area contributed by atoms with Gasteiger partial charge < -0.3 is 5.32 Å². The van der Waals surface area contributed by atoms with Crippen LogP contribution < -0.4 is 10.6 Å². The number of carbonyl (C=O) groups excluding carboxylic acids is 1. The first kappa shape index (κ1) is 21.5. The van der Waals surface area contributed by atoms with Gasteiger partial charge in [0.15, 0.2) is 0 Å². The Morgan fingerprint density at radius 2 is 1.93 bits per heavy atom. The molecular weight excluding hydrogens is 405 g/mol. The summed E-state index contributed by atoms with van der Waals surface area (Å²) >= 11 is 5.98. The van der Waals surface area contributed by atoms with Crippen molar-refractivity contribution in [3.63, 3.8) is 0 Å². The van der Waals surface area contributed by atoms with E-state index in [-0.39, 0.29) is 17.7 Å². The molecule has 30 heavy (non-hydrogen) atoms. The highest BCUT2D eigenvalue weighted by Crippen LogP contribution is 2.14. The van der Waals surface area contributed by atoms with Gasteiger partial charge in [0.2, 0.25) is 5.96 Å². The number of carbonyl (C=O) groups is 1. The van der Waals surface area contributed by atoms with Crippen LogP contribution in [0.15, 0.2) is 53.5 Å². The van der Waals surface area contributed by atoms with Crippen LogP contribution in [-0.4, -0.2) is 28.2 Å². The zero-order valence-electron chi connectivity index (χ0n) is 17.0. The third-order valence-corrected chi connectivity index (χ3v) is 4.95. The second kappa shape index (κ2) is 9.54. The van der Waals surface area contributed by atoms with Gasteiger partial charge in [0.25, 0.3) is 5.91 Å². The molecule has 1 heterocycles. The van der Waals surface area contributed by atoms with Gasteiger partial charge in [-0.3, -0.25) is 19.8 Å². The maximum absolute atomic E-state index is 13.2. The normalized spacial score (nSPS) is 11.4. The highest BCUT2D eigenvalue weighted by atomic mass is 35.5. The quantitative estimate of drug-likeness (QED) is 0.472. The molecule has 0 aliphatic heterocycles. The van der Waals surface area contributed by atoms with E-state index in [1.165, 1.54) is 12.1 Å². The standard InChI is InChI=1S/C22H23ClFN5O/c1-14-20(15(2)29(3)28-14)11-12-25-22(26-19-9-7-18(24)8-10-19)27-21(30)16-5-4-6-17(23)13-16/h4-10,13H,11-12H2,1-3H3,(H2,25,26,27,30). The van der Waals surface area contributed by atoms with Crippen LogP contribution in [0, 0.1) is 19.7 Å². The summed E-state index contributed by atoms with van der Waals surface area (Å²) in [5, 5.41) is 10.7. The van der Waals surface area contributed by atoms with E-state index in [1.807, 2.05) is 25.6 Å². The lowest BCUT2D eigenvalue weighted by Crippen LogP contribution is -2.36. The average molecular weight is 428 g/mol. The van der Waals surface area contributed by atoms with Gasteiger partial charge in [-0.25, -0.2) is 4.39 Å². The van der Waals surface area contributed by atoms with Crippen LogP contribution in [0.25, 0.3) is 0 Å². The highest BCUT2D eigenvalue weighted by Gasteiger charge is 2.12. The average Bonchev–Trinajstić information content (AvgIpc) is 2.95. The number of benzene rings is 2. The predicted octanol–water partition coefficient (Wildman–Crippen LogP) is 4.27. The van der Waals surface area contributed by atoms with Crippen molar-refractivity contribution in [1.29, 1.82) is 0 Å². The van der Waals surface area contributed by atoms with E-state index < -0.39 is 0 Å². The number of amides is 1. The van der Waals surface area contributed by atoms with Gasteiger partial charge in [0, 0.05) is 35.6 Å². The lowest BCUT2D eigenvalue weighted by atomic mass is 10.1. The molecule has 8 heteroatoms. The number of nitrogens with zero attached hydrogens (tertiary/aromatic N) is 3. The Hall–Kier alpha value is -3.19. The molecule has 6 nitrogen and oxygen atoms in total. The number of aromatic nitrogens is 2. The van der Waals surface area contributed by atoms with Crippen LogP contribution in [0.5, 0.6) is 0 Å². The Morgan fingerprint density at radius 1 is 1.20 bits per heavy atom. The van der Waals surface area contributed by atoms with Crippen molar-refractivity contribution in [3.05, 3.63) is 81.9 Å². The molecule has 3 rings (SSSR count). The van der Waals surface area contributed by atoms with Crippen molar-refractivity contribution in [1.82, 2.24) is 15.1 Å². The zero-order valence-corrected chi connectivity index (χ0v) is 17.8. The first-order valence-electron chi connectivity index (χ1n) is 9.46. The molecule has 0 bridgehead atoms. The van der Waals surface area contributed by atoms with Gasteiger partial charge in [-0.05, 0) is 68.3 Å². The number of aliphatic imine (C=N–C) groups is 1. The Bertz CT molecular complexity index is 1080. The molecular formula is C22H23ClFN5O. The summed E-state index contributed by atoms with van der Waals surface area (Å²) in [4.78, 5) is 17.2. The maximum atomic E-state index is 13.2. The number of anilines is 1. The molecule has 0 atom stereocenters. The molecule has 3 aromatic rings. The minimum absolute atomic E-state index is 0.269. The first-order valence-corrected chi connectivity index (χ1v) is 9.84. The van der Waals surface area contributed by atoms with Crippen molar-refractivity contribution < 1.29 is 9.18 Å². The smallest absolute Gasteiger partial charge is 0.258 e. The Balaban J connectivity index is 1.78. The molecule has 156 valence electrons. The number of aryl methyl sites for hydroxylation is 2. The highest BCUT2D eigenvalue weighted by molar-refractivity contribution is 6.31. The fourth-order valence-electron chi connectivity index (χ4n) is 3.05. The molecule has 0 unspecified atom stereocenters. The zero-order chi connectivity index (χ0) is 21.7. The van der Waals surface area contributed by atoms with Gasteiger partial charge in [-0.2, -0.15) is 5.10 Å². The van der Waals surface area contributed by atoms with Crippen molar-refractivity contribution in [3.8, 4) is 0 Å². The molecule has 2 aromatic carbocycles. The lowest BCUT2D eigenvalue weighted by molar-refractivity contribution is 0.0977. The molecule has 0 aliphatic rings. The molecule has 0 spiro atoms.